The fraction of sp³-hybridized carbons (Fsp3) is 0.115. The molecule has 4 nitrogen and oxygen atoms in total. The van der Waals surface area contributed by atoms with Gasteiger partial charge in [-0.2, -0.15) is 9.13 Å². The van der Waals surface area contributed by atoms with E-state index in [1.165, 1.54) is 0 Å². The van der Waals surface area contributed by atoms with Gasteiger partial charge < -0.3 is 4.42 Å². The number of hydrogen-bond acceptors (Lipinski definition) is 1. The van der Waals surface area contributed by atoms with Gasteiger partial charge in [-0.3, -0.25) is 0 Å². The number of pyridine rings is 1. The number of oxazole rings is 1. The number of aromatic nitrogens is 2. The highest BCUT2D eigenvalue weighted by Crippen LogP contribution is 2.32. The molecule has 2 aromatic heterocycles. The minimum Gasteiger partial charge on any atom is -0.398 e. The predicted octanol–water partition coefficient (Wildman–Crippen LogP) is 5.52. The summed E-state index contributed by atoms with van der Waals surface area (Å²) >= 11 is 0. The van der Waals surface area contributed by atoms with Crippen molar-refractivity contribution in [3.63, 3.8) is 0 Å². The number of benzene rings is 3. The molecule has 0 fully saturated rings. The monoisotopic (exact) mass is 391 g/mol. The highest BCUT2D eigenvalue weighted by Gasteiger charge is 2.28. The van der Waals surface area contributed by atoms with Crippen LogP contribution < -0.4 is 9.13 Å². The van der Waals surface area contributed by atoms with Crippen LogP contribution in [0.2, 0.25) is 0 Å². The third-order valence-corrected chi connectivity index (χ3v) is 5.74. The minimum absolute atomic E-state index is 0.589. The summed E-state index contributed by atoms with van der Waals surface area (Å²) in [7, 11) is 2.00. The molecule has 0 atom stereocenters. The Kier molecular flexibility index (Phi) is 4.11. The van der Waals surface area contributed by atoms with Gasteiger partial charge in [0, 0.05) is 42.1 Å². The van der Waals surface area contributed by atoms with E-state index in [2.05, 4.69) is 52.1 Å². The molecule has 3 aromatic carbocycles. The zero-order chi connectivity index (χ0) is 20.8. The number of aryl methyl sites for hydroxylation is 2. The molecule has 2 heterocycles. The summed E-state index contributed by atoms with van der Waals surface area (Å²) in [6, 6.07) is 24.5. The lowest BCUT2D eigenvalue weighted by molar-refractivity contribution is -0.637. The van der Waals surface area contributed by atoms with Crippen LogP contribution in [0.4, 0.5) is 5.69 Å². The lowest BCUT2D eigenvalue weighted by Crippen LogP contribution is -2.36. The van der Waals surface area contributed by atoms with Crippen molar-refractivity contribution in [3.05, 3.63) is 95.5 Å². The quantitative estimate of drug-likeness (QED) is 0.287. The first kappa shape index (κ1) is 18.1. The molecule has 0 aliphatic rings. The Bertz CT molecular complexity index is 1490. The Morgan fingerprint density at radius 2 is 1.60 bits per heavy atom. The number of rotatable bonds is 2. The first-order valence-corrected chi connectivity index (χ1v) is 9.89. The Hall–Kier alpha value is -3.97. The van der Waals surface area contributed by atoms with Crippen molar-refractivity contribution in [3.8, 4) is 17.1 Å². The van der Waals surface area contributed by atoms with Crippen molar-refractivity contribution in [2.24, 2.45) is 7.05 Å². The van der Waals surface area contributed by atoms with E-state index in [0.29, 0.717) is 5.69 Å². The molecule has 0 unspecified atom stereocenters. The third-order valence-electron chi connectivity index (χ3n) is 5.74. The average molecular weight is 391 g/mol. The number of para-hydroxylation sites is 3. The summed E-state index contributed by atoms with van der Waals surface area (Å²) in [5, 5.41) is 1.16. The van der Waals surface area contributed by atoms with Gasteiger partial charge in [-0.25, -0.2) is 4.85 Å². The van der Waals surface area contributed by atoms with Gasteiger partial charge in [-0.15, -0.1) is 0 Å². The Morgan fingerprint density at radius 1 is 0.867 bits per heavy atom. The second-order valence-corrected chi connectivity index (χ2v) is 7.55. The van der Waals surface area contributed by atoms with E-state index in [9.17, 15) is 0 Å². The van der Waals surface area contributed by atoms with Crippen LogP contribution in [0.3, 0.4) is 0 Å². The van der Waals surface area contributed by atoms with E-state index in [4.69, 9.17) is 11.0 Å². The summed E-state index contributed by atoms with van der Waals surface area (Å²) in [6.45, 7) is 11.9. The predicted molar refractivity (Wildman–Crippen MR) is 118 cm³/mol. The first-order chi connectivity index (χ1) is 14.6. The van der Waals surface area contributed by atoms with Crippen LogP contribution in [0.5, 0.6) is 0 Å². The largest absolute Gasteiger partial charge is 0.398 e. The molecule has 4 heteroatoms. The van der Waals surface area contributed by atoms with E-state index >= 15 is 0 Å². The first-order valence-electron chi connectivity index (χ1n) is 9.89. The molecular weight excluding hydrogens is 370 g/mol. The van der Waals surface area contributed by atoms with Crippen molar-refractivity contribution < 1.29 is 13.6 Å². The molecule has 5 rings (SSSR count). The second kappa shape index (κ2) is 6.82. The van der Waals surface area contributed by atoms with Crippen LogP contribution in [-0.4, -0.2) is 0 Å². The van der Waals surface area contributed by atoms with Crippen LogP contribution in [0.1, 0.15) is 11.3 Å². The SMILES string of the molecule is [C-]#[N+]c1cc(-c2oc3ccccc3[n+]2C)c(C)c(-[n+]2c(C)ccc3ccccc32)c1. The van der Waals surface area contributed by atoms with Gasteiger partial charge in [0.05, 0.1) is 12.1 Å². The van der Waals surface area contributed by atoms with E-state index in [0.717, 1.165) is 50.4 Å². The van der Waals surface area contributed by atoms with Gasteiger partial charge in [0.1, 0.15) is 7.05 Å². The molecule has 0 spiro atoms. The zero-order valence-corrected chi connectivity index (χ0v) is 17.2. The minimum atomic E-state index is 0.589. The average Bonchev–Trinajstić information content (AvgIpc) is 3.11. The van der Waals surface area contributed by atoms with E-state index < -0.39 is 0 Å². The number of fused-ring (bicyclic) bond motifs is 2. The number of hydrogen-bond donors (Lipinski definition) is 0. The van der Waals surface area contributed by atoms with Crippen molar-refractivity contribution in [2.75, 3.05) is 0 Å². The molecular formula is C26H21N3O+2. The zero-order valence-electron chi connectivity index (χ0n) is 17.2. The van der Waals surface area contributed by atoms with Gasteiger partial charge in [0.2, 0.25) is 16.8 Å². The van der Waals surface area contributed by atoms with Crippen LogP contribution in [-0.2, 0) is 7.05 Å². The van der Waals surface area contributed by atoms with Crippen molar-refractivity contribution >= 4 is 27.7 Å². The lowest BCUT2D eigenvalue weighted by atomic mass is 10.0. The Morgan fingerprint density at radius 3 is 2.37 bits per heavy atom. The molecule has 0 saturated carbocycles. The molecule has 144 valence electrons. The van der Waals surface area contributed by atoms with Gasteiger partial charge in [0.25, 0.3) is 5.52 Å². The molecule has 0 N–H and O–H groups in total. The molecule has 0 aliphatic carbocycles. The van der Waals surface area contributed by atoms with E-state index in [1.807, 2.05) is 55.6 Å². The molecule has 30 heavy (non-hydrogen) atoms. The third kappa shape index (κ3) is 2.67. The highest BCUT2D eigenvalue weighted by molar-refractivity contribution is 5.78. The normalized spacial score (nSPS) is 11.1. The second-order valence-electron chi connectivity index (χ2n) is 7.55. The summed E-state index contributed by atoms with van der Waals surface area (Å²) < 4.78 is 10.5. The highest BCUT2D eigenvalue weighted by atomic mass is 16.4. The smallest absolute Gasteiger partial charge is 0.380 e. The molecule has 0 radical (unpaired) electrons. The molecule has 5 aromatic rings. The lowest BCUT2D eigenvalue weighted by Gasteiger charge is -2.09. The van der Waals surface area contributed by atoms with Gasteiger partial charge in [0.15, 0.2) is 11.4 Å². The van der Waals surface area contributed by atoms with Crippen molar-refractivity contribution in [2.45, 2.75) is 13.8 Å². The fourth-order valence-electron chi connectivity index (χ4n) is 4.17. The summed E-state index contributed by atoms with van der Waals surface area (Å²) in [4.78, 5) is 3.76. The summed E-state index contributed by atoms with van der Waals surface area (Å²) in [5.74, 6) is 0.749. The maximum absolute atomic E-state index is 7.69. The standard InChI is InChI=1S/C26H21N3O/c1-17-13-14-19-9-5-6-10-22(19)29(17)24-16-20(27-3)15-21(18(24)2)26-28(4)23-11-7-8-12-25(23)30-26/h5-16H,1-2,4H3/q+2. The molecule has 0 saturated heterocycles. The topological polar surface area (TPSA) is 25.3 Å². The van der Waals surface area contributed by atoms with Gasteiger partial charge in [-0.1, -0.05) is 24.3 Å². The maximum atomic E-state index is 7.69. The Balaban J connectivity index is 1.86. The Labute approximate surface area is 175 Å². The van der Waals surface area contributed by atoms with Crippen LogP contribution in [0.25, 0.3) is 44.0 Å². The van der Waals surface area contributed by atoms with Crippen molar-refractivity contribution in [1.29, 1.82) is 0 Å². The molecule has 0 bridgehead atoms. The van der Waals surface area contributed by atoms with Crippen LogP contribution >= 0.6 is 0 Å². The number of nitrogens with zero attached hydrogens (tertiary/aromatic N) is 3. The van der Waals surface area contributed by atoms with Crippen LogP contribution in [0, 0.1) is 20.4 Å². The fourth-order valence-corrected chi connectivity index (χ4v) is 4.17. The van der Waals surface area contributed by atoms with E-state index in [-0.39, 0.29) is 0 Å². The summed E-state index contributed by atoms with van der Waals surface area (Å²) in [5.41, 5.74) is 7.66. The van der Waals surface area contributed by atoms with Gasteiger partial charge in [-0.05, 0) is 31.2 Å². The molecule has 0 amide bonds. The van der Waals surface area contributed by atoms with E-state index in [1.54, 1.807) is 0 Å². The van der Waals surface area contributed by atoms with Crippen LogP contribution in [0.15, 0.2) is 77.2 Å². The maximum Gasteiger partial charge on any atom is 0.380 e. The molecule has 0 aliphatic heterocycles. The van der Waals surface area contributed by atoms with Gasteiger partial charge >= 0.3 is 5.89 Å². The summed E-state index contributed by atoms with van der Waals surface area (Å²) in [6.07, 6.45) is 0. The van der Waals surface area contributed by atoms with Crippen molar-refractivity contribution in [1.82, 2.24) is 0 Å².